The monoisotopic (exact) mass is 214 g/mol. The molecule has 0 rings (SSSR count). The van der Waals surface area contributed by atoms with Crippen molar-refractivity contribution in [3.63, 3.8) is 0 Å². The number of ether oxygens (including phenoxy) is 2. The maximum atomic E-state index is 5.73. The highest BCUT2D eigenvalue weighted by atomic mass is 16.7. The molecule has 0 aromatic carbocycles. The standard InChI is InChI=1S/C13H26O2/c1-7-8-11(4)12(5)13(10(2)3)15-9-14-6/h7,10-13H,1,8-9H2,2-6H3/t11-,12-,13-/m0/s1. The Kier molecular flexibility index (Phi) is 7.71. The van der Waals surface area contributed by atoms with Crippen LogP contribution in [0.5, 0.6) is 0 Å². The van der Waals surface area contributed by atoms with E-state index in [1.807, 2.05) is 6.08 Å². The van der Waals surface area contributed by atoms with Gasteiger partial charge in [-0.3, -0.25) is 0 Å². The number of hydrogen-bond donors (Lipinski definition) is 0. The predicted octanol–water partition coefficient (Wildman–Crippen LogP) is 3.48. The summed E-state index contributed by atoms with van der Waals surface area (Å²) in [6.07, 6.45) is 3.29. The van der Waals surface area contributed by atoms with Gasteiger partial charge in [0.2, 0.25) is 0 Å². The highest BCUT2D eigenvalue weighted by Gasteiger charge is 2.25. The van der Waals surface area contributed by atoms with Gasteiger partial charge in [0, 0.05) is 7.11 Å². The Morgan fingerprint density at radius 1 is 1.20 bits per heavy atom. The van der Waals surface area contributed by atoms with E-state index in [0.29, 0.717) is 24.5 Å². The van der Waals surface area contributed by atoms with Crippen molar-refractivity contribution < 1.29 is 9.47 Å². The first-order chi connectivity index (χ1) is 7.04. The van der Waals surface area contributed by atoms with E-state index < -0.39 is 0 Å². The van der Waals surface area contributed by atoms with Crippen LogP contribution in [-0.2, 0) is 9.47 Å². The largest absolute Gasteiger partial charge is 0.359 e. The minimum atomic E-state index is 0.264. The summed E-state index contributed by atoms with van der Waals surface area (Å²) in [5, 5.41) is 0. The first-order valence-electron chi connectivity index (χ1n) is 5.76. The Labute approximate surface area is 94.7 Å². The fraction of sp³-hybridized carbons (Fsp3) is 0.846. The van der Waals surface area contributed by atoms with Crippen molar-refractivity contribution >= 4 is 0 Å². The Morgan fingerprint density at radius 3 is 2.20 bits per heavy atom. The third-order valence-electron chi connectivity index (χ3n) is 2.99. The van der Waals surface area contributed by atoms with Crippen LogP contribution in [0.15, 0.2) is 12.7 Å². The summed E-state index contributed by atoms with van der Waals surface area (Å²) in [5.41, 5.74) is 0. The van der Waals surface area contributed by atoms with Crippen molar-refractivity contribution in [1.82, 2.24) is 0 Å². The molecule has 0 aromatic heterocycles. The van der Waals surface area contributed by atoms with Crippen LogP contribution < -0.4 is 0 Å². The lowest BCUT2D eigenvalue weighted by Crippen LogP contribution is -2.32. The molecule has 90 valence electrons. The molecule has 0 spiro atoms. The SMILES string of the molecule is C=CC[C@H](C)[C@H](C)[C@@H](OCOC)C(C)C. The van der Waals surface area contributed by atoms with Gasteiger partial charge < -0.3 is 9.47 Å². The summed E-state index contributed by atoms with van der Waals surface area (Å²) in [4.78, 5) is 0. The third kappa shape index (κ3) is 5.33. The number of allylic oxidation sites excluding steroid dienone is 1. The molecular formula is C13H26O2. The van der Waals surface area contributed by atoms with Gasteiger partial charge in [0.15, 0.2) is 0 Å². The Hall–Kier alpha value is -0.340. The molecule has 0 N–H and O–H groups in total. The molecule has 0 amide bonds. The zero-order valence-corrected chi connectivity index (χ0v) is 10.8. The van der Waals surface area contributed by atoms with Crippen molar-refractivity contribution in [3.8, 4) is 0 Å². The van der Waals surface area contributed by atoms with E-state index in [-0.39, 0.29) is 6.10 Å². The van der Waals surface area contributed by atoms with Crippen LogP contribution >= 0.6 is 0 Å². The maximum absolute atomic E-state index is 5.73. The van der Waals surface area contributed by atoms with Crippen LogP contribution in [0, 0.1) is 17.8 Å². The molecule has 0 aliphatic rings. The second-order valence-corrected chi connectivity index (χ2v) is 4.64. The zero-order valence-electron chi connectivity index (χ0n) is 10.8. The maximum Gasteiger partial charge on any atom is 0.146 e. The molecular weight excluding hydrogens is 188 g/mol. The van der Waals surface area contributed by atoms with E-state index in [1.54, 1.807) is 7.11 Å². The van der Waals surface area contributed by atoms with Crippen molar-refractivity contribution in [3.05, 3.63) is 12.7 Å². The summed E-state index contributed by atoms with van der Waals surface area (Å²) >= 11 is 0. The van der Waals surface area contributed by atoms with Gasteiger partial charge in [-0.1, -0.05) is 33.8 Å². The quantitative estimate of drug-likeness (QED) is 0.455. The van der Waals surface area contributed by atoms with Gasteiger partial charge in [-0.15, -0.1) is 6.58 Å². The van der Waals surface area contributed by atoms with Crippen LogP contribution in [0.25, 0.3) is 0 Å². The molecule has 0 saturated heterocycles. The number of hydrogen-bond acceptors (Lipinski definition) is 2. The highest BCUT2D eigenvalue weighted by molar-refractivity contribution is 4.79. The van der Waals surface area contributed by atoms with Gasteiger partial charge in [0.25, 0.3) is 0 Å². The second-order valence-electron chi connectivity index (χ2n) is 4.64. The lowest BCUT2D eigenvalue weighted by Gasteiger charge is -2.31. The lowest BCUT2D eigenvalue weighted by molar-refractivity contribution is -0.112. The minimum Gasteiger partial charge on any atom is -0.359 e. The molecule has 0 saturated carbocycles. The first-order valence-corrected chi connectivity index (χ1v) is 5.76. The van der Waals surface area contributed by atoms with Crippen molar-refractivity contribution in [2.24, 2.45) is 17.8 Å². The van der Waals surface area contributed by atoms with Gasteiger partial charge in [-0.05, 0) is 24.2 Å². The van der Waals surface area contributed by atoms with E-state index in [2.05, 4.69) is 34.3 Å². The average Bonchev–Trinajstić information content (AvgIpc) is 2.18. The summed E-state index contributed by atoms with van der Waals surface area (Å²) in [6.45, 7) is 13.0. The van der Waals surface area contributed by atoms with Crippen LogP contribution in [-0.4, -0.2) is 20.0 Å². The van der Waals surface area contributed by atoms with Gasteiger partial charge in [-0.25, -0.2) is 0 Å². The van der Waals surface area contributed by atoms with Crippen LogP contribution in [0.3, 0.4) is 0 Å². The molecule has 0 unspecified atom stereocenters. The third-order valence-corrected chi connectivity index (χ3v) is 2.99. The first kappa shape index (κ1) is 14.7. The van der Waals surface area contributed by atoms with Gasteiger partial charge >= 0.3 is 0 Å². The van der Waals surface area contributed by atoms with E-state index in [9.17, 15) is 0 Å². The molecule has 0 bridgehead atoms. The summed E-state index contributed by atoms with van der Waals surface area (Å²) in [6, 6.07) is 0. The Bertz CT molecular complexity index is 166. The molecule has 0 fully saturated rings. The van der Waals surface area contributed by atoms with Crippen molar-refractivity contribution in [1.29, 1.82) is 0 Å². The predicted molar refractivity (Wildman–Crippen MR) is 64.7 cm³/mol. The molecule has 0 aliphatic heterocycles. The molecule has 2 nitrogen and oxygen atoms in total. The van der Waals surface area contributed by atoms with E-state index in [1.165, 1.54) is 0 Å². The molecule has 2 heteroatoms. The van der Waals surface area contributed by atoms with Crippen LogP contribution in [0.4, 0.5) is 0 Å². The number of methoxy groups -OCH3 is 1. The fourth-order valence-corrected chi connectivity index (χ4v) is 1.90. The summed E-state index contributed by atoms with van der Waals surface area (Å²) < 4.78 is 10.7. The summed E-state index contributed by atoms with van der Waals surface area (Å²) in [5.74, 6) is 1.65. The minimum absolute atomic E-state index is 0.264. The fourth-order valence-electron chi connectivity index (χ4n) is 1.90. The summed E-state index contributed by atoms with van der Waals surface area (Å²) in [7, 11) is 1.66. The molecule has 0 aromatic rings. The van der Waals surface area contributed by atoms with Gasteiger partial charge in [0.05, 0.1) is 6.10 Å². The number of rotatable bonds is 8. The lowest BCUT2D eigenvalue weighted by atomic mass is 9.83. The Balaban J connectivity index is 4.26. The smallest absolute Gasteiger partial charge is 0.146 e. The molecule has 0 radical (unpaired) electrons. The Morgan fingerprint density at radius 2 is 1.80 bits per heavy atom. The average molecular weight is 214 g/mol. The van der Waals surface area contributed by atoms with Crippen molar-refractivity contribution in [2.75, 3.05) is 13.9 Å². The topological polar surface area (TPSA) is 18.5 Å². The van der Waals surface area contributed by atoms with E-state index >= 15 is 0 Å². The van der Waals surface area contributed by atoms with Crippen LogP contribution in [0.1, 0.15) is 34.1 Å². The second kappa shape index (κ2) is 7.89. The van der Waals surface area contributed by atoms with Crippen molar-refractivity contribution in [2.45, 2.75) is 40.2 Å². The molecule has 0 aliphatic carbocycles. The van der Waals surface area contributed by atoms with E-state index in [4.69, 9.17) is 9.47 Å². The zero-order chi connectivity index (χ0) is 11.8. The highest BCUT2D eigenvalue weighted by Crippen LogP contribution is 2.26. The van der Waals surface area contributed by atoms with Crippen LogP contribution in [0.2, 0.25) is 0 Å². The van der Waals surface area contributed by atoms with Gasteiger partial charge in [0.1, 0.15) is 6.79 Å². The van der Waals surface area contributed by atoms with Gasteiger partial charge in [-0.2, -0.15) is 0 Å². The van der Waals surface area contributed by atoms with E-state index in [0.717, 1.165) is 6.42 Å². The normalized spacial score (nSPS) is 17.5. The molecule has 0 heterocycles. The molecule has 3 atom stereocenters. The molecule has 15 heavy (non-hydrogen) atoms.